The maximum Gasteiger partial charge on any atom is 0.266 e. The zero-order valence-corrected chi connectivity index (χ0v) is 17.5. The number of likely N-dealkylation sites (tertiary alicyclic amines) is 1. The molecule has 0 saturated carbocycles. The van der Waals surface area contributed by atoms with Crippen molar-refractivity contribution in [3.63, 3.8) is 0 Å². The molecule has 2 saturated heterocycles. The summed E-state index contributed by atoms with van der Waals surface area (Å²) < 4.78 is 0.431. The van der Waals surface area contributed by atoms with Crippen molar-refractivity contribution in [1.29, 1.82) is 0 Å². The van der Waals surface area contributed by atoms with E-state index in [2.05, 4.69) is 4.98 Å². The zero-order valence-electron chi connectivity index (χ0n) is 15.9. The highest BCUT2D eigenvalue weighted by Gasteiger charge is 2.36. The number of thiocarbonyl (C=S) groups is 1. The molecule has 3 heterocycles. The van der Waals surface area contributed by atoms with Crippen LogP contribution in [0.25, 0.3) is 6.08 Å². The van der Waals surface area contributed by atoms with E-state index >= 15 is 0 Å². The second-order valence-corrected chi connectivity index (χ2v) is 8.74. The molecule has 0 N–H and O–H groups in total. The summed E-state index contributed by atoms with van der Waals surface area (Å²) in [6.45, 7) is 0.667. The second kappa shape index (κ2) is 8.88. The number of nitrogens with zero attached hydrogens (tertiary/aromatic N) is 3. The van der Waals surface area contributed by atoms with Crippen molar-refractivity contribution in [3.8, 4) is 0 Å². The third kappa shape index (κ3) is 4.41. The van der Waals surface area contributed by atoms with Crippen LogP contribution in [0.1, 0.15) is 36.4 Å². The Bertz CT molecular complexity index is 947. The van der Waals surface area contributed by atoms with Gasteiger partial charge in [0.2, 0.25) is 5.91 Å². The summed E-state index contributed by atoms with van der Waals surface area (Å²) in [5.41, 5.74) is 1.97. The minimum absolute atomic E-state index is 0.00297. The summed E-state index contributed by atoms with van der Waals surface area (Å²) in [6.07, 6.45) is 8.32. The van der Waals surface area contributed by atoms with Gasteiger partial charge in [-0.2, -0.15) is 0 Å². The normalized spacial score (nSPS) is 21.1. The predicted molar refractivity (Wildman–Crippen MR) is 119 cm³/mol. The summed E-state index contributed by atoms with van der Waals surface area (Å²) in [5.74, 6) is -0.275. The van der Waals surface area contributed by atoms with Crippen molar-refractivity contribution in [1.82, 2.24) is 14.8 Å². The molecule has 2 aliphatic heterocycles. The van der Waals surface area contributed by atoms with Crippen molar-refractivity contribution in [3.05, 3.63) is 70.9 Å². The van der Waals surface area contributed by atoms with Crippen molar-refractivity contribution in [2.75, 3.05) is 13.1 Å². The summed E-state index contributed by atoms with van der Waals surface area (Å²) in [5, 5.41) is 0. The molecular formula is C22H21N3O2S2. The van der Waals surface area contributed by atoms with Gasteiger partial charge in [0.05, 0.1) is 10.9 Å². The SMILES string of the molecule is O=C1C(=Cc2ccccc2)SC(=S)N1CC(=O)N1CCCCC1c1cccnc1. The van der Waals surface area contributed by atoms with Crippen LogP contribution in [-0.2, 0) is 9.59 Å². The number of hydrogen-bond acceptors (Lipinski definition) is 5. The summed E-state index contributed by atoms with van der Waals surface area (Å²) in [7, 11) is 0. The molecule has 2 aromatic rings. The van der Waals surface area contributed by atoms with Gasteiger partial charge in [0, 0.05) is 18.9 Å². The number of carbonyl (C=O) groups is 2. The number of aromatic nitrogens is 1. The standard InChI is InChI=1S/C22H21N3O2S2/c26-20(24-12-5-4-10-18(24)17-9-6-11-23-14-17)15-25-21(27)19(29-22(25)28)13-16-7-2-1-3-8-16/h1-3,6-9,11,13-14,18H,4-5,10,12,15H2. The van der Waals surface area contributed by atoms with E-state index < -0.39 is 0 Å². The molecule has 1 unspecified atom stereocenters. The average molecular weight is 424 g/mol. The molecule has 0 aliphatic carbocycles. The third-order valence-corrected chi connectivity index (χ3v) is 6.53. The maximum atomic E-state index is 13.1. The first kappa shape index (κ1) is 19.8. The van der Waals surface area contributed by atoms with Crippen LogP contribution in [0.5, 0.6) is 0 Å². The molecule has 4 rings (SSSR count). The summed E-state index contributed by atoms with van der Waals surface area (Å²) in [6, 6.07) is 13.5. The molecule has 0 bridgehead atoms. The first-order chi connectivity index (χ1) is 14.1. The molecule has 2 aliphatic rings. The molecular weight excluding hydrogens is 402 g/mol. The fourth-order valence-electron chi connectivity index (χ4n) is 3.71. The van der Waals surface area contributed by atoms with Crippen LogP contribution in [0.2, 0.25) is 0 Å². The smallest absolute Gasteiger partial charge is 0.266 e. The minimum Gasteiger partial charge on any atom is -0.334 e. The number of pyridine rings is 1. The van der Waals surface area contributed by atoms with Gasteiger partial charge in [0.15, 0.2) is 0 Å². The highest BCUT2D eigenvalue weighted by Crippen LogP contribution is 2.34. The monoisotopic (exact) mass is 423 g/mol. The van der Waals surface area contributed by atoms with Gasteiger partial charge in [-0.05, 0) is 42.5 Å². The van der Waals surface area contributed by atoms with Gasteiger partial charge in [-0.15, -0.1) is 0 Å². The molecule has 1 aromatic carbocycles. The van der Waals surface area contributed by atoms with Crippen LogP contribution in [-0.4, -0.2) is 44.0 Å². The Morgan fingerprint density at radius 2 is 2.03 bits per heavy atom. The molecule has 2 fully saturated rings. The van der Waals surface area contributed by atoms with Crippen molar-refractivity contribution >= 4 is 46.2 Å². The fraction of sp³-hybridized carbons (Fsp3) is 0.273. The van der Waals surface area contributed by atoms with Crippen LogP contribution >= 0.6 is 24.0 Å². The Hall–Kier alpha value is -2.51. The molecule has 148 valence electrons. The Morgan fingerprint density at radius 1 is 1.21 bits per heavy atom. The van der Waals surface area contributed by atoms with E-state index in [-0.39, 0.29) is 24.4 Å². The Kier molecular flexibility index (Phi) is 6.06. The maximum absolute atomic E-state index is 13.1. The number of thioether (sulfide) groups is 1. The zero-order chi connectivity index (χ0) is 20.2. The molecule has 29 heavy (non-hydrogen) atoms. The topological polar surface area (TPSA) is 53.5 Å². The van der Waals surface area contributed by atoms with Crippen LogP contribution in [0.15, 0.2) is 59.8 Å². The molecule has 5 nitrogen and oxygen atoms in total. The van der Waals surface area contributed by atoms with Crippen LogP contribution in [0.3, 0.4) is 0 Å². The van der Waals surface area contributed by atoms with E-state index in [0.29, 0.717) is 15.8 Å². The lowest BCUT2D eigenvalue weighted by molar-refractivity contribution is -0.138. The number of benzene rings is 1. The molecule has 7 heteroatoms. The quantitative estimate of drug-likeness (QED) is 0.549. The van der Waals surface area contributed by atoms with Gasteiger partial charge < -0.3 is 4.90 Å². The second-order valence-electron chi connectivity index (χ2n) is 7.06. The molecule has 1 aromatic heterocycles. The molecule has 0 spiro atoms. The largest absolute Gasteiger partial charge is 0.334 e. The number of hydrogen-bond donors (Lipinski definition) is 0. The van der Waals surface area contributed by atoms with E-state index in [9.17, 15) is 9.59 Å². The van der Waals surface area contributed by atoms with Gasteiger partial charge in [0.1, 0.15) is 10.9 Å². The van der Waals surface area contributed by atoms with Crippen molar-refractivity contribution in [2.24, 2.45) is 0 Å². The van der Waals surface area contributed by atoms with Crippen molar-refractivity contribution in [2.45, 2.75) is 25.3 Å². The highest BCUT2D eigenvalue weighted by atomic mass is 32.2. The van der Waals surface area contributed by atoms with E-state index in [0.717, 1.165) is 30.4 Å². The van der Waals surface area contributed by atoms with E-state index in [1.54, 1.807) is 6.20 Å². The lowest BCUT2D eigenvalue weighted by Gasteiger charge is -2.36. The Labute approximate surface area is 179 Å². The van der Waals surface area contributed by atoms with Gasteiger partial charge >= 0.3 is 0 Å². The minimum atomic E-state index is -0.202. The molecule has 0 radical (unpaired) electrons. The van der Waals surface area contributed by atoms with Crippen LogP contribution in [0, 0.1) is 0 Å². The van der Waals surface area contributed by atoms with Gasteiger partial charge in [-0.1, -0.05) is 60.4 Å². The lowest BCUT2D eigenvalue weighted by Crippen LogP contribution is -2.45. The van der Waals surface area contributed by atoms with Crippen LogP contribution < -0.4 is 0 Å². The van der Waals surface area contributed by atoms with E-state index in [1.165, 1.54) is 16.7 Å². The Balaban J connectivity index is 1.49. The molecule has 2 amide bonds. The van der Waals surface area contributed by atoms with Gasteiger partial charge in [0.25, 0.3) is 5.91 Å². The number of piperidine rings is 1. The fourth-order valence-corrected chi connectivity index (χ4v) is 4.97. The first-order valence-electron chi connectivity index (χ1n) is 9.63. The van der Waals surface area contributed by atoms with Gasteiger partial charge in [-0.25, -0.2) is 0 Å². The van der Waals surface area contributed by atoms with E-state index in [1.807, 2.05) is 59.6 Å². The lowest BCUT2D eigenvalue weighted by atomic mass is 9.96. The summed E-state index contributed by atoms with van der Waals surface area (Å²) in [4.78, 5) is 34.0. The number of amides is 2. The number of carbonyl (C=O) groups excluding carboxylic acids is 2. The number of rotatable bonds is 4. The molecule has 1 atom stereocenters. The van der Waals surface area contributed by atoms with E-state index in [4.69, 9.17) is 12.2 Å². The highest BCUT2D eigenvalue weighted by molar-refractivity contribution is 8.26. The third-order valence-electron chi connectivity index (χ3n) is 5.16. The van der Waals surface area contributed by atoms with Gasteiger partial charge in [-0.3, -0.25) is 19.5 Å². The first-order valence-corrected chi connectivity index (χ1v) is 10.9. The predicted octanol–water partition coefficient (Wildman–Crippen LogP) is 4.04. The average Bonchev–Trinajstić information content (AvgIpc) is 3.02. The van der Waals surface area contributed by atoms with Crippen molar-refractivity contribution < 1.29 is 9.59 Å². The van der Waals surface area contributed by atoms with Crippen LogP contribution in [0.4, 0.5) is 0 Å². The summed E-state index contributed by atoms with van der Waals surface area (Å²) >= 11 is 6.65. The Morgan fingerprint density at radius 3 is 2.79 bits per heavy atom.